The first-order valence-corrected chi connectivity index (χ1v) is 7.57. The second-order valence-electron chi connectivity index (χ2n) is 5.79. The van der Waals surface area contributed by atoms with Crippen molar-refractivity contribution in [2.24, 2.45) is 5.11 Å². The van der Waals surface area contributed by atoms with Crippen molar-refractivity contribution in [1.82, 2.24) is 15.0 Å². The summed E-state index contributed by atoms with van der Waals surface area (Å²) in [6.45, 7) is 0.877. The van der Waals surface area contributed by atoms with E-state index in [0.717, 1.165) is 12.1 Å². The third-order valence-corrected chi connectivity index (χ3v) is 4.33. The van der Waals surface area contributed by atoms with Crippen molar-refractivity contribution in [2.45, 2.75) is 30.7 Å². The van der Waals surface area contributed by atoms with Crippen LogP contribution in [-0.4, -0.2) is 46.5 Å². The van der Waals surface area contributed by atoms with Gasteiger partial charge in [-0.2, -0.15) is 0 Å². The lowest BCUT2D eigenvalue weighted by Crippen LogP contribution is -2.29. The van der Waals surface area contributed by atoms with E-state index < -0.39 is 0 Å². The average Bonchev–Trinajstić information content (AvgIpc) is 3.26. The fourth-order valence-electron chi connectivity index (χ4n) is 3.21. The number of nitrogens with zero attached hydrogens (tertiary/aromatic N) is 6. The molecule has 0 spiro atoms. The fraction of sp³-hybridized carbons (Fsp3) is 0.467. The number of azide groups is 1. The Morgan fingerprint density at radius 1 is 1.22 bits per heavy atom. The molecule has 3 heterocycles. The molecule has 0 radical (unpaired) electrons. The molecule has 0 bridgehead atoms. The predicted octanol–water partition coefficient (Wildman–Crippen LogP) is 1.89. The normalized spacial score (nSPS) is 29.2. The molecule has 4 rings (SSSR count). The number of hydrogen-bond acceptors (Lipinski definition) is 5. The Morgan fingerprint density at radius 3 is 2.87 bits per heavy atom. The van der Waals surface area contributed by atoms with Crippen molar-refractivity contribution in [2.75, 3.05) is 13.2 Å². The van der Waals surface area contributed by atoms with Crippen molar-refractivity contribution in [3.8, 4) is 0 Å². The highest BCUT2D eigenvalue weighted by molar-refractivity contribution is 5.20. The fourth-order valence-corrected chi connectivity index (χ4v) is 3.21. The zero-order valence-corrected chi connectivity index (χ0v) is 12.4. The van der Waals surface area contributed by atoms with Crippen molar-refractivity contribution in [1.29, 1.82) is 0 Å². The zero-order chi connectivity index (χ0) is 15.6. The highest BCUT2D eigenvalue weighted by Gasteiger charge is 2.48. The van der Waals surface area contributed by atoms with Crippen LogP contribution in [0.4, 0.5) is 0 Å². The molecule has 2 aliphatic rings. The smallest absolute Gasteiger partial charge is 0.109 e. The second kappa shape index (κ2) is 6.00. The van der Waals surface area contributed by atoms with Gasteiger partial charge in [0.2, 0.25) is 0 Å². The number of benzene rings is 1. The molecule has 118 valence electrons. The Kier molecular flexibility index (Phi) is 3.70. The first-order chi connectivity index (χ1) is 11.3. The molecule has 8 nitrogen and oxygen atoms in total. The van der Waals surface area contributed by atoms with Gasteiger partial charge in [-0.3, -0.25) is 0 Å². The summed E-state index contributed by atoms with van der Waals surface area (Å²) in [5, 5.41) is 12.2. The van der Waals surface area contributed by atoms with Crippen LogP contribution in [-0.2, 0) is 15.9 Å². The Bertz CT molecular complexity index is 727. The summed E-state index contributed by atoms with van der Waals surface area (Å²) in [5.74, 6) is 0. The Morgan fingerprint density at radius 2 is 2.04 bits per heavy atom. The van der Waals surface area contributed by atoms with Gasteiger partial charge in [-0.1, -0.05) is 40.7 Å². The lowest BCUT2D eigenvalue weighted by Gasteiger charge is -2.15. The summed E-state index contributed by atoms with van der Waals surface area (Å²) in [6, 6.07) is 9.86. The maximum atomic E-state index is 8.59. The van der Waals surface area contributed by atoms with E-state index in [1.807, 2.05) is 24.4 Å². The highest BCUT2D eigenvalue weighted by atomic mass is 16.6. The van der Waals surface area contributed by atoms with E-state index >= 15 is 0 Å². The average molecular weight is 312 g/mol. The molecule has 23 heavy (non-hydrogen) atoms. The SMILES string of the molecule is [N-]=[N+]=N[C@H]1CO[C@H]2[C@@H]1OC[C@@H]2n1cc(Cc2ccccc2)nn1. The quantitative estimate of drug-likeness (QED) is 0.489. The molecule has 8 heteroatoms. The third-order valence-electron chi connectivity index (χ3n) is 4.33. The topological polar surface area (TPSA) is 97.9 Å². The molecule has 0 aliphatic carbocycles. The summed E-state index contributed by atoms with van der Waals surface area (Å²) in [4.78, 5) is 2.86. The van der Waals surface area contributed by atoms with Crippen LogP contribution >= 0.6 is 0 Å². The van der Waals surface area contributed by atoms with Gasteiger partial charge < -0.3 is 9.47 Å². The van der Waals surface area contributed by atoms with Crippen LogP contribution < -0.4 is 0 Å². The molecule has 1 aromatic heterocycles. The first-order valence-electron chi connectivity index (χ1n) is 7.57. The van der Waals surface area contributed by atoms with Crippen molar-refractivity contribution in [3.05, 3.63) is 58.2 Å². The van der Waals surface area contributed by atoms with E-state index in [2.05, 4.69) is 32.5 Å². The van der Waals surface area contributed by atoms with E-state index in [9.17, 15) is 0 Å². The van der Waals surface area contributed by atoms with E-state index in [-0.39, 0.29) is 24.3 Å². The van der Waals surface area contributed by atoms with Gasteiger partial charge in [0.25, 0.3) is 0 Å². The molecule has 1 aromatic carbocycles. The maximum absolute atomic E-state index is 8.59. The zero-order valence-electron chi connectivity index (χ0n) is 12.4. The minimum absolute atomic E-state index is 0.0316. The minimum atomic E-state index is -0.262. The van der Waals surface area contributed by atoms with Gasteiger partial charge in [-0.25, -0.2) is 4.68 Å². The molecular formula is C15H16N6O2. The molecule has 2 saturated heterocycles. The van der Waals surface area contributed by atoms with Gasteiger partial charge in [0.15, 0.2) is 0 Å². The number of rotatable bonds is 4. The highest BCUT2D eigenvalue weighted by Crippen LogP contribution is 2.35. The molecule has 2 aliphatic heterocycles. The number of fused-ring (bicyclic) bond motifs is 1. The first kappa shape index (κ1) is 14.2. The molecule has 4 atom stereocenters. The Hall–Kier alpha value is -2.41. The van der Waals surface area contributed by atoms with Crippen LogP contribution in [0.15, 0.2) is 41.6 Å². The lowest BCUT2D eigenvalue weighted by atomic mass is 10.1. The standard InChI is InChI=1S/C15H16N6O2/c16-19-18-12-8-22-15-13(9-23-14(12)15)21-7-11(17-20-21)6-10-4-2-1-3-5-10/h1-5,7,12-15H,6,8-9H2/t12-,13-,14+,15+/m0/s1. The van der Waals surface area contributed by atoms with Crippen molar-refractivity contribution in [3.63, 3.8) is 0 Å². The monoisotopic (exact) mass is 312 g/mol. The predicted molar refractivity (Wildman–Crippen MR) is 80.7 cm³/mol. The molecule has 0 unspecified atom stereocenters. The maximum Gasteiger partial charge on any atom is 0.109 e. The minimum Gasteiger partial charge on any atom is -0.373 e. The lowest BCUT2D eigenvalue weighted by molar-refractivity contribution is 0.0627. The molecule has 2 aromatic rings. The van der Waals surface area contributed by atoms with Crippen molar-refractivity contribution >= 4 is 0 Å². The molecule has 0 N–H and O–H groups in total. The third kappa shape index (κ3) is 2.68. The molecular weight excluding hydrogens is 296 g/mol. The van der Waals surface area contributed by atoms with Crippen LogP contribution in [0.1, 0.15) is 17.3 Å². The summed E-state index contributed by atoms with van der Waals surface area (Å²) >= 11 is 0. The van der Waals surface area contributed by atoms with Gasteiger partial charge >= 0.3 is 0 Å². The van der Waals surface area contributed by atoms with Crippen LogP contribution in [0, 0.1) is 0 Å². The number of aromatic nitrogens is 3. The summed E-state index contributed by atoms with van der Waals surface area (Å²) < 4.78 is 13.3. The number of ether oxygens (including phenoxy) is 2. The van der Waals surface area contributed by atoms with E-state index in [1.165, 1.54) is 5.56 Å². The molecule has 2 fully saturated rings. The second-order valence-corrected chi connectivity index (χ2v) is 5.79. The van der Waals surface area contributed by atoms with E-state index in [1.54, 1.807) is 4.68 Å². The van der Waals surface area contributed by atoms with Crippen molar-refractivity contribution < 1.29 is 9.47 Å². The van der Waals surface area contributed by atoms with E-state index in [0.29, 0.717) is 13.2 Å². The van der Waals surface area contributed by atoms with Crippen LogP contribution in [0.3, 0.4) is 0 Å². The van der Waals surface area contributed by atoms with E-state index in [4.69, 9.17) is 15.0 Å². The number of hydrogen-bond donors (Lipinski definition) is 0. The van der Waals surface area contributed by atoms with Gasteiger partial charge in [-0.05, 0) is 11.1 Å². The summed E-state index contributed by atoms with van der Waals surface area (Å²) in [6.07, 6.45) is 2.34. The molecule has 0 saturated carbocycles. The summed E-state index contributed by atoms with van der Waals surface area (Å²) in [7, 11) is 0. The van der Waals surface area contributed by atoms with Gasteiger partial charge in [-0.15, -0.1) is 5.10 Å². The largest absolute Gasteiger partial charge is 0.373 e. The van der Waals surface area contributed by atoms with Crippen LogP contribution in [0.25, 0.3) is 10.4 Å². The Labute approximate surface area is 132 Å². The molecule has 0 amide bonds. The van der Waals surface area contributed by atoms with Gasteiger partial charge in [0.05, 0.1) is 31.1 Å². The van der Waals surface area contributed by atoms with Crippen LogP contribution in [0.2, 0.25) is 0 Å². The van der Waals surface area contributed by atoms with Gasteiger partial charge in [0, 0.05) is 17.5 Å². The Balaban J connectivity index is 1.48. The van der Waals surface area contributed by atoms with Gasteiger partial charge in [0.1, 0.15) is 12.1 Å². The van der Waals surface area contributed by atoms with Crippen LogP contribution in [0.5, 0.6) is 0 Å². The summed E-state index contributed by atoms with van der Waals surface area (Å²) in [5.41, 5.74) is 10.7.